The van der Waals surface area contributed by atoms with E-state index < -0.39 is 17.6 Å². The predicted octanol–water partition coefficient (Wildman–Crippen LogP) is -1.17. The number of carboxylic acids is 2. The number of aromatic nitrogens is 1. The van der Waals surface area contributed by atoms with Crippen LogP contribution in [0.15, 0.2) is 18.3 Å². The first-order chi connectivity index (χ1) is 5.63. The summed E-state index contributed by atoms with van der Waals surface area (Å²) in [5.41, 5.74) is -0.741. The predicted molar refractivity (Wildman–Crippen MR) is 45.4 cm³/mol. The summed E-state index contributed by atoms with van der Waals surface area (Å²) in [5, 5.41) is 17.0. The SMILES string of the molecule is O.O.O=C(O)c1cccnc1C(=O)O.[Cu]. The molecule has 0 aliphatic rings. The zero-order valence-electron chi connectivity index (χ0n) is 7.19. The van der Waals surface area contributed by atoms with Crippen molar-refractivity contribution < 1.29 is 47.8 Å². The van der Waals surface area contributed by atoms with E-state index in [1.165, 1.54) is 18.3 Å². The van der Waals surface area contributed by atoms with E-state index in [2.05, 4.69) is 4.98 Å². The van der Waals surface area contributed by atoms with Gasteiger partial charge in [0.1, 0.15) is 0 Å². The second-order valence-corrected chi connectivity index (χ2v) is 2.01. The fourth-order valence-corrected chi connectivity index (χ4v) is 0.748. The molecule has 0 spiro atoms. The Morgan fingerprint density at radius 2 is 1.67 bits per heavy atom. The van der Waals surface area contributed by atoms with E-state index in [1.807, 2.05) is 0 Å². The molecular weight excluding hydrogens is 258 g/mol. The Kier molecular flexibility index (Phi) is 10.1. The van der Waals surface area contributed by atoms with E-state index >= 15 is 0 Å². The first kappa shape index (κ1) is 19.2. The molecule has 0 saturated carbocycles. The van der Waals surface area contributed by atoms with Crippen LogP contribution >= 0.6 is 0 Å². The summed E-state index contributed by atoms with van der Waals surface area (Å²) >= 11 is 0. The third kappa shape index (κ3) is 4.52. The number of aromatic carboxylic acids is 2. The molecule has 1 aromatic heterocycles. The van der Waals surface area contributed by atoms with Crippen molar-refractivity contribution in [1.82, 2.24) is 4.98 Å². The van der Waals surface area contributed by atoms with Gasteiger partial charge in [-0.15, -0.1) is 0 Å². The van der Waals surface area contributed by atoms with Crippen molar-refractivity contribution in [3.63, 3.8) is 0 Å². The summed E-state index contributed by atoms with van der Waals surface area (Å²) in [6.07, 6.45) is 1.23. The molecule has 0 aliphatic carbocycles. The number of nitrogens with zero attached hydrogens (tertiary/aromatic N) is 1. The summed E-state index contributed by atoms with van der Waals surface area (Å²) in [6, 6.07) is 2.56. The van der Waals surface area contributed by atoms with Gasteiger partial charge < -0.3 is 21.2 Å². The topological polar surface area (TPSA) is 150 Å². The molecule has 0 saturated heterocycles. The van der Waals surface area contributed by atoms with Gasteiger partial charge in [-0.05, 0) is 12.1 Å². The van der Waals surface area contributed by atoms with Gasteiger partial charge in [0.15, 0.2) is 5.69 Å². The van der Waals surface area contributed by atoms with Crippen molar-refractivity contribution in [2.24, 2.45) is 0 Å². The monoisotopic (exact) mass is 266 g/mol. The van der Waals surface area contributed by atoms with Gasteiger partial charge >= 0.3 is 11.9 Å². The first-order valence-corrected chi connectivity index (χ1v) is 3.04. The molecule has 0 fully saturated rings. The Balaban J connectivity index is -0.000000480. The van der Waals surface area contributed by atoms with Crippen LogP contribution in [0.5, 0.6) is 0 Å². The van der Waals surface area contributed by atoms with Crippen LogP contribution in [-0.2, 0) is 17.1 Å². The Morgan fingerprint density at radius 3 is 2.00 bits per heavy atom. The summed E-state index contributed by atoms with van der Waals surface area (Å²) in [4.78, 5) is 24.2. The maximum Gasteiger partial charge on any atom is 0.355 e. The van der Waals surface area contributed by atoms with Crippen molar-refractivity contribution >= 4 is 11.9 Å². The maximum atomic E-state index is 10.4. The number of rotatable bonds is 2. The van der Waals surface area contributed by atoms with E-state index in [9.17, 15) is 9.59 Å². The third-order valence-electron chi connectivity index (χ3n) is 1.24. The molecule has 7 nitrogen and oxygen atoms in total. The van der Waals surface area contributed by atoms with Crippen molar-refractivity contribution in [3.05, 3.63) is 29.6 Å². The standard InChI is InChI=1S/C7H5NO4.Cu.2H2O/c9-6(10)4-2-1-3-8-5(4)7(11)12;;;/h1-3H,(H,9,10)(H,11,12);;2*1H2. The summed E-state index contributed by atoms with van der Waals surface area (Å²) in [6.45, 7) is 0. The molecule has 1 radical (unpaired) electrons. The molecule has 1 aromatic rings. The van der Waals surface area contributed by atoms with Gasteiger partial charge in [0.25, 0.3) is 0 Å². The van der Waals surface area contributed by atoms with E-state index in [4.69, 9.17) is 10.2 Å². The second kappa shape index (κ2) is 7.89. The quantitative estimate of drug-likeness (QED) is 0.646. The first-order valence-electron chi connectivity index (χ1n) is 3.04. The van der Waals surface area contributed by atoms with Crippen molar-refractivity contribution in [2.75, 3.05) is 0 Å². The molecule has 15 heavy (non-hydrogen) atoms. The van der Waals surface area contributed by atoms with Crippen molar-refractivity contribution in [1.29, 1.82) is 0 Å². The molecule has 89 valence electrons. The van der Waals surface area contributed by atoms with Crippen LogP contribution in [0.1, 0.15) is 20.8 Å². The molecule has 1 rings (SSSR count). The number of carboxylic acid groups (broad SMARTS) is 2. The average Bonchev–Trinajstić information content (AvgIpc) is 2.04. The Hall–Kier alpha value is -1.47. The molecule has 8 heteroatoms. The molecule has 6 N–H and O–H groups in total. The molecule has 0 aliphatic heterocycles. The minimum atomic E-state index is -1.34. The molecule has 0 atom stereocenters. The van der Waals surface area contributed by atoms with E-state index in [-0.39, 0.29) is 33.6 Å². The molecule has 0 amide bonds. The van der Waals surface area contributed by atoms with Crippen LogP contribution in [0.3, 0.4) is 0 Å². The summed E-state index contributed by atoms with van der Waals surface area (Å²) in [5.74, 6) is -2.63. The number of hydrogen-bond donors (Lipinski definition) is 2. The van der Waals surface area contributed by atoms with Crippen molar-refractivity contribution in [3.8, 4) is 0 Å². The zero-order valence-corrected chi connectivity index (χ0v) is 8.13. The van der Waals surface area contributed by atoms with Crippen LogP contribution < -0.4 is 0 Å². The van der Waals surface area contributed by atoms with Gasteiger partial charge in [0, 0.05) is 23.3 Å². The molecular formula is C7H9CuNO6. The van der Waals surface area contributed by atoms with E-state index in [0.717, 1.165) is 0 Å². The molecule has 1 heterocycles. The molecule has 0 aromatic carbocycles. The summed E-state index contributed by atoms with van der Waals surface area (Å²) < 4.78 is 0. The largest absolute Gasteiger partial charge is 0.478 e. The van der Waals surface area contributed by atoms with Gasteiger partial charge in [0.2, 0.25) is 0 Å². The zero-order chi connectivity index (χ0) is 9.14. The molecule has 0 unspecified atom stereocenters. The normalized spacial score (nSPS) is 7.47. The van der Waals surface area contributed by atoms with Crippen LogP contribution in [0.2, 0.25) is 0 Å². The maximum absolute atomic E-state index is 10.4. The van der Waals surface area contributed by atoms with Crippen LogP contribution in [0.25, 0.3) is 0 Å². The van der Waals surface area contributed by atoms with Crippen LogP contribution in [0, 0.1) is 0 Å². The van der Waals surface area contributed by atoms with Gasteiger partial charge in [-0.1, -0.05) is 0 Å². The Labute approximate surface area is 94.8 Å². The fourth-order valence-electron chi connectivity index (χ4n) is 0.748. The number of carbonyl (C=O) groups is 2. The Bertz CT molecular complexity index is 309. The van der Waals surface area contributed by atoms with E-state index in [0.29, 0.717) is 0 Å². The van der Waals surface area contributed by atoms with Gasteiger partial charge in [-0.3, -0.25) is 0 Å². The Morgan fingerprint density at radius 1 is 1.13 bits per heavy atom. The van der Waals surface area contributed by atoms with Crippen LogP contribution in [0.4, 0.5) is 0 Å². The minimum absolute atomic E-state index is 0. The minimum Gasteiger partial charge on any atom is -0.478 e. The average molecular weight is 267 g/mol. The van der Waals surface area contributed by atoms with Gasteiger partial charge in [0.05, 0.1) is 5.56 Å². The summed E-state index contributed by atoms with van der Waals surface area (Å²) in [7, 11) is 0. The second-order valence-electron chi connectivity index (χ2n) is 2.01. The molecule has 0 bridgehead atoms. The third-order valence-corrected chi connectivity index (χ3v) is 1.24. The van der Waals surface area contributed by atoms with Gasteiger partial charge in [-0.2, -0.15) is 0 Å². The van der Waals surface area contributed by atoms with Crippen molar-refractivity contribution in [2.45, 2.75) is 0 Å². The van der Waals surface area contributed by atoms with Crippen LogP contribution in [-0.4, -0.2) is 38.1 Å². The van der Waals surface area contributed by atoms with Gasteiger partial charge in [-0.25, -0.2) is 14.6 Å². The number of pyridine rings is 1. The van der Waals surface area contributed by atoms with E-state index in [1.54, 1.807) is 0 Å². The fraction of sp³-hybridized carbons (Fsp3) is 0. The number of hydrogen-bond acceptors (Lipinski definition) is 3. The smallest absolute Gasteiger partial charge is 0.355 e.